The number of rotatable bonds is 1. The third-order valence-electron chi connectivity index (χ3n) is 1.18. The molecule has 12 heavy (non-hydrogen) atoms. The molecule has 0 atom stereocenters. The van der Waals surface area contributed by atoms with E-state index in [1.165, 1.54) is 6.20 Å². The summed E-state index contributed by atoms with van der Waals surface area (Å²) in [6.07, 6.45) is 1.24. The molecule has 0 saturated carbocycles. The zero-order valence-corrected chi connectivity index (χ0v) is 7.98. The lowest BCUT2D eigenvalue weighted by molar-refractivity contribution is 0.100. The van der Waals surface area contributed by atoms with Gasteiger partial charge in [-0.1, -0.05) is 0 Å². The highest BCUT2D eigenvalue weighted by atomic mass is 127. The minimum Gasteiger partial charge on any atom is -0.383 e. The summed E-state index contributed by atoms with van der Waals surface area (Å²) in [6, 6.07) is 0. The molecule has 0 aliphatic rings. The van der Waals surface area contributed by atoms with Crippen molar-refractivity contribution in [3.05, 3.63) is 22.2 Å². The molecule has 0 saturated heterocycles. The van der Waals surface area contributed by atoms with Gasteiger partial charge in [-0.05, 0) is 0 Å². The predicted molar refractivity (Wildman–Crippen MR) is 50.8 cm³/mol. The highest BCUT2D eigenvalue weighted by Crippen LogP contribution is 2.04. The molecule has 1 aromatic heterocycles. The highest BCUT2D eigenvalue weighted by molar-refractivity contribution is 14.1. The summed E-state index contributed by atoms with van der Waals surface area (Å²) in [5.41, 5.74) is 9.73. The molecule has 0 spiro atoms. The van der Waals surface area contributed by atoms with E-state index in [1.54, 1.807) is 22.9 Å². The normalized spacial score (nSPS) is 9.75. The Balaban J connectivity index is 3.43. The summed E-state index contributed by atoms with van der Waals surface area (Å²) < 4.78 is 1.11. The van der Waals surface area contributed by atoms with Gasteiger partial charge in [-0.2, -0.15) is 4.98 Å². The number of amides is 1. The van der Waals surface area contributed by atoms with Crippen LogP contribution in [0.25, 0.3) is 0 Å². The molecule has 0 aliphatic heterocycles. The van der Waals surface area contributed by atoms with Crippen LogP contribution >= 0.6 is 22.9 Å². The maximum atomic E-state index is 10.8. The number of nitrogens with two attached hydrogens (primary N) is 2. The van der Waals surface area contributed by atoms with E-state index < -0.39 is 11.6 Å². The van der Waals surface area contributed by atoms with Crippen LogP contribution in [0, 0.1) is 0 Å². The summed E-state index contributed by atoms with van der Waals surface area (Å²) in [5.74, 6) is -0.842. The molecule has 1 rings (SSSR count). The second-order valence-electron chi connectivity index (χ2n) is 2.00. The number of anilines is 1. The van der Waals surface area contributed by atoms with E-state index >= 15 is 0 Å². The minimum absolute atomic E-state index is 0.0454. The van der Waals surface area contributed by atoms with Gasteiger partial charge < -0.3 is 11.5 Å². The topological polar surface area (TPSA) is 104 Å². The maximum absolute atomic E-state index is 10.8. The first-order valence-electron chi connectivity index (χ1n) is 2.87. The summed E-state index contributed by atoms with van der Waals surface area (Å²) in [6.45, 7) is 0. The van der Waals surface area contributed by atoms with Gasteiger partial charge in [0.15, 0.2) is 0 Å². The van der Waals surface area contributed by atoms with Crippen molar-refractivity contribution >= 4 is 34.6 Å². The fraction of sp³-hybridized carbons (Fsp3) is 0. The molecule has 0 bridgehead atoms. The molecule has 6 nitrogen and oxygen atoms in total. The molecule has 0 aromatic carbocycles. The van der Waals surface area contributed by atoms with Crippen molar-refractivity contribution in [1.29, 1.82) is 0 Å². The molecule has 1 heterocycles. The Kier molecular flexibility index (Phi) is 2.31. The number of nitrogens with zero attached hydrogens (tertiary/aromatic N) is 2. The molecule has 64 valence electrons. The van der Waals surface area contributed by atoms with Gasteiger partial charge in [0.25, 0.3) is 5.91 Å². The SMILES string of the molecule is NC(=O)c1cn(I)c(=O)nc1N. The largest absolute Gasteiger partial charge is 0.383 e. The highest BCUT2D eigenvalue weighted by Gasteiger charge is 2.08. The van der Waals surface area contributed by atoms with Crippen LogP contribution in [-0.4, -0.2) is 13.7 Å². The van der Waals surface area contributed by atoms with Crippen LogP contribution in [-0.2, 0) is 0 Å². The number of halogens is 1. The van der Waals surface area contributed by atoms with Gasteiger partial charge in [0.05, 0.1) is 28.4 Å². The fourth-order valence-corrected chi connectivity index (χ4v) is 1.02. The number of primary amides is 1. The zero-order chi connectivity index (χ0) is 9.30. The van der Waals surface area contributed by atoms with E-state index in [0.717, 1.165) is 2.78 Å². The quantitative estimate of drug-likeness (QED) is 0.652. The van der Waals surface area contributed by atoms with E-state index in [9.17, 15) is 9.59 Å². The monoisotopic (exact) mass is 280 g/mol. The van der Waals surface area contributed by atoms with Gasteiger partial charge in [-0.25, -0.2) is 7.58 Å². The van der Waals surface area contributed by atoms with Crippen molar-refractivity contribution in [3.63, 3.8) is 0 Å². The average Bonchev–Trinajstić information content (AvgIpc) is 1.96. The molecule has 0 radical (unpaired) electrons. The minimum atomic E-state index is -0.703. The molecule has 0 aliphatic carbocycles. The Bertz CT molecular complexity index is 386. The number of hydrogen-bond donors (Lipinski definition) is 2. The number of aromatic nitrogens is 2. The van der Waals surface area contributed by atoms with E-state index in [0.29, 0.717) is 0 Å². The lowest BCUT2D eigenvalue weighted by Crippen LogP contribution is -2.23. The molecule has 0 fully saturated rings. The number of hydrogen-bond acceptors (Lipinski definition) is 4. The maximum Gasteiger partial charge on any atom is 0.358 e. The van der Waals surface area contributed by atoms with Gasteiger partial charge in [0.2, 0.25) is 0 Å². The lowest BCUT2D eigenvalue weighted by Gasteiger charge is -2.00. The smallest absolute Gasteiger partial charge is 0.358 e. The summed E-state index contributed by atoms with van der Waals surface area (Å²) >= 11 is 1.68. The van der Waals surface area contributed by atoms with E-state index in [-0.39, 0.29) is 11.4 Å². The van der Waals surface area contributed by atoms with Crippen molar-refractivity contribution in [3.8, 4) is 0 Å². The number of nitrogen functional groups attached to an aromatic ring is 1. The van der Waals surface area contributed by atoms with Gasteiger partial charge in [-0.3, -0.25) is 4.79 Å². The Morgan fingerprint density at radius 3 is 2.75 bits per heavy atom. The number of carbonyl (C=O) groups is 1. The zero-order valence-electron chi connectivity index (χ0n) is 5.82. The first kappa shape index (κ1) is 8.97. The van der Waals surface area contributed by atoms with Crippen LogP contribution in [0.1, 0.15) is 10.4 Å². The molecule has 1 aromatic rings. The first-order chi connectivity index (χ1) is 5.52. The molecule has 7 heteroatoms. The van der Waals surface area contributed by atoms with Crippen molar-refractivity contribution in [2.75, 3.05) is 5.73 Å². The van der Waals surface area contributed by atoms with Gasteiger partial charge >= 0.3 is 5.69 Å². The predicted octanol–water partition coefficient (Wildman–Crippen LogP) is -0.878. The summed E-state index contributed by atoms with van der Waals surface area (Å²) in [7, 11) is 0. The third-order valence-corrected chi connectivity index (χ3v) is 1.87. The van der Waals surface area contributed by atoms with E-state index in [1.807, 2.05) is 0 Å². The van der Waals surface area contributed by atoms with Crippen LogP contribution in [0.2, 0.25) is 0 Å². The number of carbonyl (C=O) groups excluding carboxylic acids is 1. The van der Waals surface area contributed by atoms with Crippen LogP contribution in [0.3, 0.4) is 0 Å². The van der Waals surface area contributed by atoms with Crippen molar-refractivity contribution < 1.29 is 4.79 Å². The second kappa shape index (κ2) is 3.09. The van der Waals surface area contributed by atoms with Crippen LogP contribution in [0.5, 0.6) is 0 Å². The van der Waals surface area contributed by atoms with Crippen molar-refractivity contribution in [1.82, 2.24) is 7.76 Å². The molecule has 0 unspecified atom stereocenters. The Labute approximate surface area is 81.1 Å². The molecule has 1 amide bonds. The van der Waals surface area contributed by atoms with E-state index in [2.05, 4.69) is 4.98 Å². The molecular weight excluding hydrogens is 275 g/mol. The fourth-order valence-electron chi connectivity index (χ4n) is 0.636. The molecular formula is C5H5IN4O2. The Morgan fingerprint density at radius 2 is 2.25 bits per heavy atom. The van der Waals surface area contributed by atoms with E-state index in [4.69, 9.17) is 11.5 Å². The van der Waals surface area contributed by atoms with Crippen molar-refractivity contribution in [2.45, 2.75) is 0 Å². The van der Waals surface area contributed by atoms with Gasteiger partial charge in [0.1, 0.15) is 5.82 Å². The second-order valence-corrected chi connectivity index (χ2v) is 3.04. The van der Waals surface area contributed by atoms with Gasteiger partial charge in [0, 0.05) is 6.20 Å². The van der Waals surface area contributed by atoms with Crippen molar-refractivity contribution in [2.24, 2.45) is 5.73 Å². The Morgan fingerprint density at radius 1 is 1.67 bits per heavy atom. The Hall–Kier alpha value is -1.12. The third kappa shape index (κ3) is 1.55. The van der Waals surface area contributed by atoms with Crippen LogP contribution in [0.15, 0.2) is 11.0 Å². The standard InChI is InChI=1S/C5H5IN4O2/c6-10-1-2(4(8)11)3(7)9-5(10)12/h1H,(H2,8,11)(H2,7,9,12). The van der Waals surface area contributed by atoms with Crippen LogP contribution < -0.4 is 17.2 Å². The van der Waals surface area contributed by atoms with Gasteiger partial charge in [-0.15, -0.1) is 0 Å². The summed E-state index contributed by atoms with van der Waals surface area (Å²) in [4.78, 5) is 24.9. The average molecular weight is 280 g/mol. The lowest BCUT2D eigenvalue weighted by atomic mass is 10.3. The first-order valence-corrected chi connectivity index (χ1v) is 3.84. The summed E-state index contributed by atoms with van der Waals surface area (Å²) in [5, 5.41) is 0. The van der Waals surface area contributed by atoms with Crippen LogP contribution in [0.4, 0.5) is 5.82 Å². The molecule has 4 N–H and O–H groups in total.